The molecule has 0 saturated carbocycles. The van der Waals surface area contributed by atoms with Gasteiger partial charge in [0.05, 0.1) is 10.2 Å². The first-order valence-corrected chi connectivity index (χ1v) is 10.6. The summed E-state index contributed by atoms with van der Waals surface area (Å²) in [6.45, 7) is 0.388. The first-order valence-electron chi connectivity index (χ1n) is 9.42. The second-order valence-electron chi connectivity index (χ2n) is 6.56. The average molecular weight is 448 g/mol. The van der Waals surface area contributed by atoms with Gasteiger partial charge in [0, 0.05) is 10.6 Å². The van der Waals surface area contributed by atoms with Crippen molar-refractivity contribution in [3.05, 3.63) is 94.0 Å². The monoisotopic (exact) mass is 447 g/mol. The number of fused-ring (bicyclic) bond motifs is 1. The van der Waals surface area contributed by atoms with Crippen LogP contribution in [0.1, 0.15) is 16.1 Å². The van der Waals surface area contributed by atoms with Gasteiger partial charge in [0.1, 0.15) is 17.4 Å². The van der Waals surface area contributed by atoms with Crippen molar-refractivity contribution in [2.45, 2.75) is 6.61 Å². The molecule has 1 aromatic heterocycles. The number of rotatable bonds is 7. The van der Waals surface area contributed by atoms with Crippen LogP contribution in [0.5, 0.6) is 5.75 Å². The zero-order chi connectivity index (χ0) is 21.6. The van der Waals surface area contributed by atoms with E-state index in [4.69, 9.17) is 31.9 Å². The van der Waals surface area contributed by atoms with Gasteiger partial charge in [-0.25, -0.2) is 4.98 Å². The largest absolute Gasteiger partial charge is 0.486 e. The third-order valence-electron chi connectivity index (χ3n) is 4.47. The maximum atomic E-state index is 8.17. The summed E-state index contributed by atoms with van der Waals surface area (Å²) in [6, 6.07) is 22.7. The molecule has 0 fully saturated rings. The standard InChI is InChI=1S/C24H18ClN3O2S/c25-18-9-5-16(6-10-18)13-20(24(27)30-15-26)17-7-11-19(12-8-17)29-14-23-28-21-3-1-2-4-22(21)31-23/h1-13,15,26-27H,14H2/b20-13+,26-15?,27-24?. The number of thiazole rings is 1. The highest BCUT2D eigenvalue weighted by atomic mass is 35.5. The third kappa shape index (κ3) is 5.17. The van der Waals surface area contributed by atoms with Gasteiger partial charge in [-0.2, -0.15) is 0 Å². The molecule has 3 aromatic carbocycles. The van der Waals surface area contributed by atoms with Crippen LogP contribution in [0.2, 0.25) is 5.02 Å². The molecule has 0 spiro atoms. The lowest BCUT2D eigenvalue weighted by atomic mass is 10.0. The maximum absolute atomic E-state index is 8.17. The summed E-state index contributed by atoms with van der Waals surface area (Å²) >= 11 is 7.57. The van der Waals surface area contributed by atoms with Crippen LogP contribution >= 0.6 is 22.9 Å². The highest BCUT2D eigenvalue weighted by Crippen LogP contribution is 2.26. The van der Waals surface area contributed by atoms with Gasteiger partial charge in [-0.1, -0.05) is 48.0 Å². The SMILES string of the molecule is N=COC(=N)/C(=C/c1ccc(Cl)cc1)c1ccc(OCc2nc3ccccc3s2)cc1. The molecule has 1 heterocycles. The number of nitrogens with one attached hydrogen (secondary N) is 2. The average Bonchev–Trinajstić information content (AvgIpc) is 3.21. The van der Waals surface area contributed by atoms with Crippen LogP contribution in [0, 0.1) is 10.8 Å². The number of halogens is 1. The van der Waals surface area contributed by atoms with E-state index in [0.29, 0.717) is 23.0 Å². The van der Waals surface area contributed by atoms with E-state index in [1.54, 1.807) is 23.5 Å². The molecular formula is C24H18ClN3O2S. The molecule has 0 bridgehead atoms. The fourth-order valence-electron chi connectivity index (χ4n) is 2.99. The van der Waals surface area contributed by atoms with Crippen molar-refractivity contribution >= 4 is 57.1 Å². The molecule has 31 heavy (non-hydrogen) atoms. The zero-order valence-electron chi connectivity index (χ0n) is 16.3. The van der Waals surface area contributed by atoms with Crippen molar-refractivity contribution in [1.82, 2.24) is 4.98 Å². The first-order chi connectivity index (χ1) is 15.1. The molecule has 4 rings (SSSR count). The fraction of sp³-hybridized carbons (Fsp3) is 0.0417. The maximum Gasteiger partial charge on any atom is 0.221 e. The normalized spacial score (nSPS) is 11.3. The second kappa shape index (κ2) is 9.55. The summed E-state index contributed by atoms with van der Waals surface area (Å²) in [6.07, 6.45) is 2.56. The fourth-order valence-corrected chi connectivity index (χ4v) is 3.99. The molecule has 0 radical (unpaired) electrons. The van der Waals surface area contributed by atoms with Gasteiger partial charge in [-0.3, -0.25) is 10.8 Å². The minimum Gasteiger partial charge on any atom is -0.486 e. The summed E-state index contributed by atoms with van der Waals surface area (Å²) in [5.74, 6) is 0.585. The Hall–Kier alpha value is -3.48. The number of aromatic nitrogens is 1. The van der Waals surface area contributed by atoms with Crippen molar-refractivity contribution in [2.24, 2.45) is 0 Å². The predicted octanol–water partition coefficient (Wildman–Crippen LogP) is 6.67. The highest BCUT2D eigenvalue weighted by molar-refractivity contribution is 7.18. The smallest absolute Gasteiger partial charge is 0.221 e. The van der Waals surface area contributed by atoms with Gasteiger partial charge in [0.25, 0.3) is 0 Å². The van der Waals surface area contributed by atoms with Crippen LogP contribution in [-0.2, 0) is 11.3 Å². The molecule has 0 aliphatic carbocycles. The van der Waals surface area contributed by atoms with E-state index in [0.717, 1.165) is 32.8 Å². The molecule has 7 heteroatoms. The van der Waals surface area contributed by atoms with E-state index in [-0.39, 0.29) is 5.90 Å². The number of ether oxygens (including phenoxy) is 2. The molecule has 0 atom stereocenters. The van der Waals surface area contributed by atoms with Crippen LogP contribution in [-0.4, -0.2) is 17.3 Å². The van der Waals surface area contributed by atoms with Gasteiger partial charge in [-0.05, 0) is 53.6 Å². The lowest BCUT2D eigenvalue weighted by Gasteiger charge is -2.10. The van der Waals surface area contributed by atoms with Gasteiger partial charge < -0.3 is 9.47 Å². The number of benzene rings is 3. The number of hydrogen-bond donors (Lipinski definition) is 2. The molecule has 0 saturated heterocycles. The molecule has 2 N–H and O–H groups in total. The van der Waals surface area contributed by atoms with Crippen LogP contribution in [0.25, 0.3) is 21.9 Å². The first kappa shape index (κ1) is 20.8. The highest BCUT2D eigenvalue weighted by Gasteiger charge is 2.11. The van der Waals surface area contributed by atoms with Crippen molar-refractivity contribution in [3.63, 3.8) is 0 Å². The van der Waals surface area contributed by atoms with Crippen LogP contribution in [0.15, 0.2) is 72.8 Å². The Morgan fingerprint density at radius 2 is 1.74 bits per heavy atom. The van der Waals surface area contributed by atoms with Gasteiger partial charge in [0.15, 0.2) is 6.40 Å². The summed E-state index contributed by atoms with van der Waals surface area (Å²) in [5, 5.41) is 16.9. The Bertz CT molecular complexity index is 1220. The van der Waals surface area contributed by atoms with Gasteiger partial charge >= 0.3 is 0 Å². The Kier molecular flexibility index (Phi) is 6.40. The Balaban J connectivity index is 1.52. The topological polar surface area (TPSA) is 79.0 Å². The van der Waals surface area contributed by atoms with E-state index in [9.17, 15) is 0 Å². The minimum atomic E-state index is -0.118. The van der Waals surface area contributed by atoms with Crippen molar-refractivity contribution in [1.29, 1.82) is 10.8 Å². The predicted molar refractivity (Wildman–Crippen MR) is 127 cm³/mol. The zero-order valence-corrected chi connectivity index (χ0v) is 17.9. The van der Waals surface area contributed by atoms with E-state index in [1.165, 1.54) is 0 Å². The summed E-state index contributed by atoms with van der Waals surface area (Å²) in [5.41, 5.74) is 3.16. The Labute approximate surface area is 188 Å². The summed E-state index contributed by atoms with van der Waals surface area (Å²) in [4.78, 5) is 4.58. The van der Waals surface area contributed by atoms with E-state index < -0.39 is 0 Å². The lowest BCUT2D eigenvalue weighted by molar-refractivity contribution is 0.306. The Morgan fingerprint density at radius 3 is 2.45 bits per heavy atom. The van der Waals surface area contributed by atoms with Crippen molar-refractivity contribution in [2.75, 3.05) is 0 Å². The molecule has 0 aliphatic heterocycles. The molecule has 5 nitrogen and oxygen atoms in total. The third-order valence-corrected chi connectivity index (χ3v) is 5.73. The molecule has 0 amide bonds. The van der Waals surface area contributed by atoms with E-state index in [1.807, 2.05) is 66.7 Å². The van der Waals surface area contributed by atoms with Gasteiger partial charge in [0.2, 0.25) is 5.90 Å². The Morgan fingerprint density at radius 1 is 1.00 bits per heavy atom. The molecule has 4 aromatic rings. The van der Waals surface area contributed by atoms with Crippen molar-refractivity contribution < 1.29 is 9.47 Å². The second-order valence-corrected chi connectivity index (χ2v) is 8.11. The van der Waals surface area contributed by atoms with Crippen LogP contribution in [0.4, 0.5) is 0 Å². The number of hydrogen-bond acceptors (Lipinski definition) is 6. The quantitative estimate of drug-likeness (QED) is 0.188. The van der Waals surface area contributed by atoms with Crippen LogP contribution < -0.4 is 4.74 Å². The molecule has 0 aliphatic rings. The summed E-state index contributed by atoms with van der Waals surface area (Å²) in [7, 11) is 0. The summed E-state index contributed by atoms with van der Waals surface area (Å²) < 4.78 is 12.0. The molecule has 154 valence electrons. The van der Waals surface area contributed by atoms with Gasteiger partial charge in [-0.15, -0.1) is 11.3 Å². The van der Waals surface area contributed by atoms with E-state index >= 15 is 0 Å². The van der Waals surface area contributed by atoms with Crippen LogP contribution in [0.3, 0.4) is 0 Å². The minimum absolute atomic E-state index is 0.118. The number of para-hydroxylation sites is 1. The van der Waals surface area contributed by atoms with E-state index in [2.05, 4.69) is 4.98 Å². The lowest BCUT2D eigenvalue weighted by Crippen LogP contribution is -2.05. The van der Waals surface area contributed by atoms with Crippen molar-refractivity contribution in [3.8, 4) is 5.75 Å². The molecule has 0 unspecified atom stereocenters. The molecular weight excluding hydrogens is 430 g/mol. The number of nitrogens with zero attached hydrogens (tertiary/aromatic N) is 1.